The Bertz CT molecular complexity index is 574. The van der Waals surface area contributed by atoms with Gasteiger partial charge in [0.15, 0.2) is 0 Å². The summed E-state index contributed by atoms with van der Waals surface area (Å²) in [6, 6.07) is 0. The van der Waals surface area contributed by atoms with Gasteiger partial charge in [-0.15, -0.1) is 0 Å². The molecule has 0 heterocycles. The molecule has 20 nitrogen and oxygen atoms in total. The fourth-order valence-electron chi connectivity index (χ4n) is 2.44. The third kappa shape index (κ3) is 46.2. The average Bonchev–Trinajstić information content (AvgIpc) is 2.34. The van der Waals surface area contributed by atoms with Crippen molar-refractivity contribution < 1.29 is 57.4 Å². The van der Waals surface area contributed by atoms with Crippen LogP contribution in [0, 0.1) is 0 Å². The zero-order chi connectivity index (χ0) is 22.2. The quantitative estimate of drug-likeness (QED) is 0.0631. The van der Waals surface area contributed by atoms with Crippen LogP contribution in [0.1, 0.15) is 25.7 Å². The first-order valence-corrected chi connectivity index (χ1v) is 15.2. The second kappa shape index (κ2) is 27.4. The zero-order valence-electron chi connectivity index (χ0n) is 21.2. The van der Waals surface area contributed by atoms with E-state index in [1.54, 1.807) is 0 Å². The maximum absolute atomic E-state index is 11.0. The summed E-state index contributed by atoms with van der Waals surface area (Å²) in [6.45, 7) is 0.0375. The van der Waals surface area contributed by atoms with Crippen LogP contribution in [0.5, 0.6) is 0 Å². The minimum absolute atomic E-state index is 0. The van der Waals surface area contributed by atoms with Gasteiger partial charge in [0.1, 0.15) is 25.1 Å². The molecule has 0 aromatic rings. The second-order valence-corrected chi connectivity index (χ2v) is 12.9. The molecular weight excluding hydrogens is 594 g/mol. The van der Waals surface area contributed by atoms with E-state index in [4.69, 9.17) is 39.1 Å². The van der Waals surface area contributed by atoms with E-state index < -0.39 is 55.5 Å². The molecule has 0 spiro atoms. The molecule has 0 fully saturated rings. The Morgan fingerprint density at radius 3 is 0.694 bits per heavy atom. The number of hydrogen-bond acceptors (Lipinski definition) is 12. The Hall–Kier alpha value is 2.28. The van der Waals surface area contributed by atoms with Gasteiger partial charge in [-0.05, 0) is 25.9 Å². The molecule has 0 aliphatic carbocycles. The summed E-state index contributed by atoms with van der Waals surface area (Å²) in [4.78, 5) is 73.6. The molecule has 26 heteroatoms. The van der Waals surface area contributed by atoms with Gasteiger partial charge in [-0.3, -0.25) is 28.1 Å². The van der Waals surface area contributed by atoms with Crippen LogP contribution in [0.4, 0.5) is 0 Å². The normalized spacial score (nSPS) is 11.1. The summed E-state index contributed by atoms with van der Waals surface area (Å²) in [5.41, 5.74) is 0. The molecule has 0 atom stereocenters. The first-order chi connectivity index (χ1) is 12.4. The van der Waals surface area contributed by atoms with Crippen molar-refractivity contribution in [3.8, 4) is 0 Å². The first-order valence-electron chi connectivity index (χ1n) is 7.99. The van der Waals surface area contributed by atoms with Gasteiger partial charge in [-0.1, -0.05) is 12.8 Å². The predicted octanol–water partition coefficient (Wildman–Crippen LogP) is -0.0980. The van der Waals surface area contributed by atoms with Crippen LogP contribution in [0.3, 0.4) is 0 Å². The Labute approximate surface area is 255 Å². The molecule has 36 heavy (non-hydrogen) atoms. The number of rotatable bonds is 15. The molecule has 0 unspecified atom stereocenters. The maximum Gasteiger partial charge on any atom is 0.339 e. The van der Waals surface area contributed by atoms with Crippen molar-refractivity contribution in [3.63, 3.8) is 0 Å². The predicted molar refractivity (Wildman–Crippen MR) is 141 cm³/mol. The molecule has 0 aliphatic rings. The van der Waals surface area contributed by atoms with Gasteiger partial charge in [-0.2, -0.15) is 0 Å². The van der Waals surface area contributed by atoms with E-state index in [9.17, 15) is 18.3 Å². The van der Waals surface area contributed by atoms with Gasteiger partial charge in [0.2, 0.25) is 0 Å². The van der Waals surface area contributed by atoms with Crippen molar-refractivity contribution in [2.45, 2.75) is 25.7 Å². The van der Waals surface area contributed by atoms with Crippen molar-refractivity contribution in [2.75, 3.05) is 38.2 Å². The van der Waals surface area contributed by atoms with Crippen LogP contribution in [0.2, 0.25) is 0 Å². The molecule has 2 radical (unpaired) electrons. The van der Waals surface area contributed by atoms with Crippen LogP contribution in [-0.2, 0) is 18.3 Å². The van der Waals surface area contributed by atoms with E-state index in [2.05, 4.69) is 0 Å². The topological polar surface area (TPSA) is 447 Å². The van der Waals surface area contributed by atoms with Crippen LogP contribution in [0.15, 0.2) is 0 Å². The van der Waals surface area contributed by atoms with E-state index in [-0.39, 0.29) is 109 Å². The maximum atomic E-state index is 11.0. The molecule has 0 amide bonds. The Kier molecular flexibility index (Phi) is 47.3. The van der Waals surface area contributed by atoms with Gasteiger partial charge in [-0.25, -0.2) is 0 Å². The van der Waals surface area contributed by atoms with E-state index in [1.807, 2.05) is 0 Å². The molecule has 0 saturated heterocycles. The summed E-state index contributed by atoms with van der Waals surface area (Å²) in [5, 5.41) is 0. The number of unbranched alkanes of at least 4 members (excludes halogenated alkanes) is 3. The van der Waals surface area contributed by atoms with Crippen molar-refractivity contribution in [3.05, 3.63) is 0 Å². The average molecular weight is 640 g/mol. The molecule has 220 valence electrons. The molecule has 0 aliphatic heterocycles. The molecule has 26 N–H and O–H groups in total. The van der Waals surface area contributed by atoms with Crippen molar-refractivity contribution in [1.82, 2.24) is 46.7 Å². The van der Waals surface area contributed by atoms with Crippen LogP contribution >= 0.6 is 30.4 Å². The Morgan fingerprint density at radius 1 is 0.389 bits per heavy atom. The molecular formula is C10H46N8Na2O12P4. The first kappa shape index (κ1) is 62.1. The van der Waals surface area contributed by atoms with Crippen molar-refractivity contribution in [1.29, 1.82) is 0 Å². The Balaban J connectivity index is -0.000000130. The molecule has 0 rings (SSSR count). The summed E-state index contributed by atoms with van der Waals surface area (Å²) >= 11 is 0. The zero-order valence-corrected chi connectivity index (χ0v) is 28.8. The summed E-state index contributed by atoms with van der Waals surface area (Å²) in [6.07, 6.45) is -1.55. The van der Waals surface area contributed by atoms with Gasteiger partial charge in [0.25, 0.3) is 0 Å². The number of hydrogen-bond donors (Lipinski definition) is 14. The Morgan fingerprint density at radius 2 is 0.556 bits per heavy atom. The SMILES string of the molecule is N.N.N.N.N.N.O=P(O)(O)CN(CCCCCCN(CP(=O)(O)O)CP(=O)(O)O)CP(=O)(O)O.[Na].[Na]. The van der Waals surface area contributed by atoms with Crippen molar-refractivity contribution in [2.24, 2.45) is 0 Å². The molecule has 0 saturated carbocycles. The summed E-state index contributed by atoms with van der Waals surface area (Å²) in [5.74, 6) is 0. The van der Waals surface area contributed by atoms with Crippen LogP contribution in [0.25, 0.3) is 0 Å². The van der Waals surface area contributed by atoms with E-state index in [1.165, 1.54) is 0 Å². The minimum atomic E-state index is -4.49. The number of nitrogens with zero attached hydrogens (tertiary/aromatic N) is 2. The van der Waals surface area contributed by atoms with Gasteiger partial charge >= 0.3 is 30.4 Å². The standard InChI is InChI=1S/C10H28N2O12P4.6H3N.2Na/c13-25(14,15)7-11(8-26(16,17)18)5-3-1-2-4-6-12(9-27(19,20)21)10-28(22,23)24;;;;;;;;/h1-10H2,(H2,13,14,15)(H2,16,17,18)(H2,19,20,21)(H2,22,23,24);6*1H3;;. The van der Waals surface area contributed by atoms with E-state index in [0.717, 1.165) is 9.80 Å². The fraction of sp³-hybridized carbons (Fsp3) is 1.00. The fourth-order valence-corrected chi connectivity index (χ4v) is 5.80. The minimum Gasteiger partial charge on any atom is -0.344 e. The second-order valence-electron chi connectivity index (χ2n) is 6.43. The monoisotopic (exact) mass is 640 g/mol. The van der Waals surface area contributed by atoms with Crippen LogP contribution < -0.4 is 36.9 Å². The van der Waals surface area contributed by atoms with Gasteiger partial charge < -0.3 is 76.1 Å². The summed E-state index contributed by atoms with van der Waals surface area (Å²) < 4.78 is 44.1. The summed E-state index contributed by atoms with van der Waals surface area (Å²) in [7, 11) is -18.0. The third-order valence-corrected chi connectivity index (χ3v) is 6.31. The van der Waals surface area contributed by atoms with Crippen LogP contribution in [-0.4, -0.2) is 146 Å². The largest absolute Gasteiger partial charge is 0.344 e. The smallest absolute Gasteiger partial charge is 0.339 e. The molecule has 0 aromatic carbocycles. The third-order valence-electron chi connectivity index (χ3n) is 3.24. The van der Waals surface area contributed by atoms with Gasteiger partial charge in [0, 0.05) is 59.1 Å². The van der Waals surface area contributed by atoms with Gasteiger partial charge in [0.05, 0.1) is 0 Å². The van der Waals surface area contributed by atoms with E-state index in [0.29, 0.717) is 25.7 Å². The van der Waals surface area contributed by atoms with E-state index >= 15 is 0 Å². The molecule has 0 aromatic heterocycles. The molecule has 0 bridgehead atoms. The van der Waals surface area contributed by atoms with Crippen molar-refractivity contribution >= 4 is 89.5 Å².